The lowest BCUT2D eigenvalue weighted by molar-refractivity contribution is 0.260. The Balaban J connectivity index is 1.33. The van der Waals surface area contributed by atoms with E-state index < -0.39 is 27.7 Å². The highest BCUT2D eigenvalue weighted by Gasteiger charge is 2.40. The summed E-state index contributed by atoms with van der Waals surface area (Å²) in [6, 6.07) is 10.2. The van der Waals surface area contributed by atoms with Crippen LogP contribution in [0.2, 0.25) is 5.02 Å². The first kappa shape index (κ1) is 25.2. The third-order valence-corrected chi connectivity index (χ3v) is 8.33. The molecule has 5 rings (SSSR count). The van der Waals surface area contributed by atoms with Gasteiger partial charge in [0.05, 0.1) is 17.2 Å². The number of nitrogens with zero attached hydrogens (tertiary/aromatic N) is 4. The van der Waals surface area contributed by atoms with Gasteiger partial charge in [-0.3, -0.25) is 9.91 Å². The van der Waals surface area contributed by atoms with E-state index in [0.29, 0.717) is 41.7 Å². The number of carbonyl (C=O) groups excluding carboxylic acids is 1. The van der Waals surface area contributed by atoms with Gasteiger partial charge >= 0.3 is 6.03 Å². The van der Waals surface area contributed by atoms with E-state index in [9.17, 15) is 13.2 Å². The molecule has 0 bridgehead atoms. The molecule has 0 spiro atoms. The maximum Gasteiger partial charge on any atom is 0.323 e. The molecule has 2 amide bonds. The van der Waals surface area contributed by atoms with Crippen molar-refractivity contribution in [3.8, 4) is 0 Å². The zero-order valence-electron chi connectivity index (χ0n) is 19.6. The molecule has 2 aromatic rings. The van der Waals surface area contributed by atoms with Gasteiger partial charge < -0.3 is 16.4 Å². The van der Waals surface area contributed by atoms with Gasteiger partial charge in [0.25, 0.3) is 0 Å². The van der Waals surface area contributed by atoms with E-state index in [1.165, 1.54) is 18.5 Å². The molecule has 4 N–H and O–H groups in total. The van der Waals surface area contributed by atoms with Gasteiger partial charge in [-0.2, -0.15) is 5.10 Å². The first-order chi connectivity index (χ1) is 17.7. The summed E-state index contributed by atoms with van der Waals surface area (Å²) >= 11 is 5.94. The highest BCUT2D eigenvalue weighted by Crippen LogP contribution is 2.38. The van der Waals surface area contributed by atoms with E-state index in [2.05, 4.69) is 25.6 Å². The van der Waals surface area contributed by atoms with E-state index >= 15 is 4.39 Å². The molecule has 2 unspecified atom stereocenters. The highest BCUT2D eigenvalue weighted by atomic mass is 35.5. The Kier molecular flexibility index (Phi) is 6.88. The van der Waals surface area contributed by atoms with Crippen molar-refractivity contribution in [3.63, 3.8) is 0 Å². The zero-order valence-corrected chi connectivity index (χ0v) is 21.2. The van der Waals surface area contributed by atoms with Crippen LogP contribution in [0.25, 0.3) is 0 Å². The molecule has 3 aliphatic rings. The number of hydrazone groups is 1. The predicted octanol–water partition coefficient (Wildman–Crippen LogP) is 2.82. The molecule has 0 radical (unpaired) electrons. The monoisotopic (exact) mass is 545 g/mol. The van der Waals surface area contributed by atoms with Crippen LogP contribution in [0.3, 0.4) is 0 Å². The van der Waals surface area contributed by atoms with Crippen LogP contribution in [0.5, 0.6) is 0 Å². The Morgan fingerprint density at radius 1 is 1.16 bits per heavy atom. The van der Waals surface area contributed by atoms with Crippen LogP contribution >= 0.6 is 11.6 Å². The normalized spacial score (nSPS) is 22.7. The molecular weight excluding hydrogens is 521 g/mol. The lowest BCUT2D eigenvalue weighted by Gasteiger charge is -2.32. The van der Waals surface area contributed by atoms with Gasteiger partial charge in [-0.25, -0.2) is 22.6 Å². The number of sulfone groups is 1. The van der Waals surface area contributed by atoms with Crippen LogP contribution in [0.15, 0.2) is 64.3 Å². The molecule has 2 aromatic carbocycles. The van der Waals surface area contributed by atoms with Crippen LogP contribution in [-0.4, -0.2) is 73.7 Å². The van der Waals surface area contributed by atoms with E-state index in [-0.39, 0.29) is 23.1 Å². The van der Waals surface area contributed by atoms with Crippen molar-refractivity contribution in [2.24, 2.45) is 15.8 Å². The topological polar surface area (TPSA) is 132 Å². The number of fused-ring (bicyclic) bond motifs is 1. The molecule has 2 atom stereocenters. The molecule has 194 valence electrons. The molecule has 3 heterocycles. The van der Waals surface area contributed by atoms with E-state index in [1.54, 1.807) is 35.3 Å². The number of hydrogen-bond acceptors (Lipinski definition) is 8. The largest absolute Gasteiger partial charge is 0.385 e. The van der Waals surface area contributed by atoms with E-state index in [1.807, 2.05) is 6.08 Å². The molecule has 0 saturated carbocycles. The number of nitrogens with one attached hydrogen (secondary N) is 2. The summed E-state index contributed by atoms with van der Waals surface area (Å²) in [6.45, 7) is 1.35. The number of carbonyl (C=O) groups is 1. The van der Waals surface area contributed by atoms with E-state index in [4.69, 9.17) is 17.3 Å². The van der Waals surface area contributed by atoms with Crippen molar-refractivity contribution < 1.29 is 17.6 Å². The minimum Gasteiger partial charge on any atom is -0.385 e. The molecule has 37 heavy (non-hydrogen) atoms. The molecular formula is C24H25ClFN7O3S. The van der Waals surface area contributed by atoms with Crippen molar-refractivity contribution in [2.45, 2.75) is 12.0 Å². The number of benzene rings is 2. The molecule has 1 saturated heterocycles. The minimum atomic E-state index is -3.00. The van der Waals surface area contributed by atoms with Crippen molar-refractivity contribution in [3.05, 3.63) is 70.6 Å². The first-order valence-electron chi connectivity index (χ1n) is 11.6. The van der Waals surface area contributed by atoms with Crippen molar-refractivity contribution in [1.29, 1.82) is 0 Å². The molecule has 13 heteroatoms. The summed E-state index contributed by atoms with van der Waals surface area (Å²) in [6.07, 6.45) is 3.33. The summed E-state index contributed by atoms with van der Waals surface area (Å²) < 4.78 is 38.7. The van der Waals surface area contributed by atoms with Crippen molar-refractivity contribution in [1.82, 2.24) is 9.91 Å². The van der Waals surface area contributed by atoms with Gasteiger partial charge in [0.15, 0.2) is 9.84 Å². The van der Waals surface area contributed by atoms with Gasteiger partial charge in [0.2, 0.25) is 0 Å². The molecule has 10 nitrogen and oxygen atoms in total. The first-order valence-corrected chi connectivity index (χ1v) is 13.8. The number of anilines is 2. The summed E-state index contributed by atoms with van der Waals surface area (Å²) in [5, 5.41) is 11.7. The second-order valence-corrected chi connectivity index (χ2v) is 11.8. The van der Waals surface area contributed by atoms with Crippen molar-refractivity contribution in [2.75, 3.05) is 41.8 Å². The Morgan fingerprint density at radius 3 is 2.68 bits per heavy atom. The fraction of sp³-hybridized carbons (Fsp3) is 0.292. The smallest absolute Gasteiger partial charge is 0.323 e. The van der Waals surface area contributed by atoms with Gasteiger partial charge in [0, 0.05) is 42.0 Å². The second kappa shape index (κ2) is 10.1. The number of aliphatic imine (C=N–C) groups is 1. The maximum atomic E-state index is 15.1. The molecule has 0 aromatic heterocycles. The lowest BCUT2D eigenvalue weighted by atomic mass is 9.92. The van der Waals surface area contributed by atoms with Crippen LogP contribution in [0.1, 0.15) is 11.5 Å². The van der Waals surface area contributed by atoms with Gasteiger partial charge in [-0.05, 0) is 35.9 Å². The second-order valence-electron chi connectivity index (χ2n) is 9.01. The summed E-state index contributed by atoms with van der Waals surface area (Å²) in [5.41, 5.74) is 8.19. The van der Waals surface area contributed by atoms with Crippen LogP contribution in [-0.2, 0) is 9.84 Å². The summed E-state index contributed by atoms with van der Waals surface area (Å²) in [4.78, 5) is 18.5. The number of amides is 2. The average Bonchev–Trinajstić information content (AvgIpc) is 3.21. The third kappa shape index (κ3) is 5.60. The average molecular weight is 546 g/mol. The standard InChI is InChI=1S/C24H25ClFN7O3S/c25-16-2-1-3-17(11-16)30-24(34)31-21-5-4-15(10-20(21)26)19-12-18(33-22(19)23(27)28-14-29-33)13-32-6-8-37(35,36)9-7-32/h1-5,10-12,14,19,22H,6-9,13H2,(H2,27,28,29)(H2,30,31,34). The Hall–Kier alpha value is -3.48. The number of rotatable bonds is 5. The fourth-order valence-corrected chi connectivity index (χ4v) is 6.08. The van der Waals surface area contributed by atoms with Crippen LogP contribution in [0, 0.1) is 5.82 Å². The maximum absolute atomic E-state index is 15.1. The predicted molar refractivity (Wildman–Crippen MR) is 142 cm³/mol. The van der Waals surface area contributed by atoms with Crippen molar-refractivity contribution >= 4 is 51.0 Å². The Morgan fingerprint density at radius 2 is 1.95 bits per heavy atom. The number of hydrogen-bond donors (Lipinski definition) is 3. The quantitative estimate of drug-likeness (QED) is 0.529. The lowest BCUT2D eigenvalue weighted by Crippen LogP contribution is -2.46. The van der Waals surface area contributed by atoms with Gasteiger partial charge in [0.1, 0.15) is 24.0 Å². The number of halogens is 2. The fourth-order valence-electron chi connectivity index (χ4n) is 4.62. The van der Waals surface area contributed by atoms with Gasteiger partial charge in [-0.1, -0.05) is 29.8 Å². The van der Waals surface area contributed by atoms with E-state index in [0.717, 1.165) is 5.70 Å². The Labute approximate surface area is 218 Å². The third-order valence-electron chi connectivity index (χ3n) is 6.49. The summed E-state index contributed by atoms with van der Waals surface area (Å²) in [7, 11) is -3.00. The zero-order chi connectivity index (χ0) is 26.2. The Bertz CT molecular complexity index is 1420. The number of urea groups is 1. The summed E-state index contributed by atoms with van der Waals surface area (Å²) in [5.74, 6) is -0.373. The van der Waals surface area contributed by atoms with Gasteiger partial charge in [-0.15, -0.1) is 0 Å². The van der Waals surface area contributed by atoms with Crippen LogP contribution < -0.4 is 16.4 Å². The number of nitrogens with two attached hydrogens (primary N) is 1. The number of amidine groups is 1. The molecule has 1 fully saturated rings. The highest BCUT2D eigenvalue weighted by molar-refractivity contribution is 7.91. The van der Waals surface area contributed by atoms with Crippen LogP contribution in [0.4, 0.5) is 20.6 Å². The molecule has 0 aliphatic carbocycles. The minimum absolute atomic E-state index is 0.0140. The SMILES string of the molecule is NC1=NC=NN2C(CN3CCS(=O)(=O)CC3)=CC(c3ccc(NC(=O)Nc4cccc(Cl)c4)c(F)c3)C12. The molecule has 3 aliphatic heterocycles.